The van der Waals surface area contributed by atoms with E-state index in [9.17, 15) is 4.79 Å². The van der Waals surface area contributed by atoms with Gasteiger partial charge in [-0.1, -0.05) is 53.0 Å². The molecule has 0 radical (unpaired) electrons. The molecule has 2 N–H and O–H groups in total. The normalized spacial score (nSPS) is 16.0. The topological polar surface area (TPSA) is 57.8 Å². The predicted molar refractivity (Wildman–Crippen MR) is 107 cm³/mol. The average molecular weight is 412 g/mol. The van der Waals surface area contributed by atoms with Crippen LogP contribution in [0.1, 0.15) is 37.1 Å². The highest BCUT2D eigenvalue weighted by molar-refractivity contribution is 9.10. The number of hydrogen-bond donors (Lipinski definition) is 2. The molecule has 1 saturated carbocycles. The molecule has 1 aliphatic rings. The van der Waals surface area contributed by atoms with Crippen LogP contribution in [0, 0.1) is 0 Å². The first-order chi connectivity index (χ1) is 12.7. The summed E-state index contributed by atoms with van der Waals surface area (Å²) < 4.78 is 1.04. The van der Waals surface area contributed by atoms with Gasteiger partial charge in [-0.15, -0.1) is 0 Å². The summed E-state index contributed by atoms with van der Waals surface area (Å²) in [7, 11) is 0. The standard InChI is InChI=1S/C21H22BrN3O/c22-16-9-7-15(8-10-16)21(12-3-4-13-21)20(26)23-14-11-19-24-17-5-1-2-6-18(17)25-19/h1-2,5-10H,3-4,11-14H2,(H,23,26)(H,24,25). The molecule has 1 aromatic heterocycles. The Morgan fingerprint density at radius 2 is 1.85 bits per heavy atom. The van der Waals surface area contributed by atoms with Crippen LogP contribution in [0.15, 0.2) is 53.0 Å². The lowest BCUT2D eigenvalue weighted by molar-refractivity contribution is -0.126. The van der Waals surface area contributed by atoms with E-state index < -0.39 is 0 Å². The first-order valence-electron chi connectivity index (χ1n) is 9.15. The van der Waals surface area contributed by atoms with E-state index in [2.05, 4.69) is 43.3 Å². The molecular formula is C21H22BrN3O. The summed E-state index contributed by atoms with van der Waals surface area (Å²) in [4.78, 5) is 21.0. The van der Waals surface area contributed by atoms with E-state index in [0.29, 0.717) is 13.0 Å². The van der Waals surface area contributed by atoms with Crippen LogP contribution in [-0.2, 0) is 16.6 Å². The second kappa shape index (κ2) is 7.23. The van der Waals surface area contributed by atoms with Crippen molar-refractivity contribution < 1.29 is 4.79 Å². The lowest BCUT2D eigenvalue weighted by atomic mass is 9.78. The molecule has 1 heterocycles. The summed E-state index contributed by atoms with van der Waals surface area (Å²) in [6, 6.07) is 16.2. The zero-order valence-corrected chi connectivity index (χ0v) is 16.2. The number of benzene rings is 2. The van der Waals surface area contributed by atoms with Crippen molar-refractivity contribution in [2.45, 2.75) is 37.5 Å². The first-order valence-corrected chi connectivity index (χ1v) is 9.95. The molecule has 0 atom stereocenters. The minimum absolute atomic E-state index is 0.147. The lowest BCUT2D eigenvalue weighted by Gasteiger charge is -2.28. The molecule has 4 nitrogen and oxygen atoms in total. The Balaban J connectivity index is 1.44. The van der Waals surface area contributed by atoms with Gasteiger partial charge in [0, 0.05) is 17.4 Å². The van der Waals surface area contributed by atoms with E-state index in [-0.39, 0.29) is 11.3 Å². The molecule has 0 unspecified atom stereocenters. The highest BCUT2D eigenvalue weighted by Gasteiger charge is 2.42. The number of para-hydroxylation sites is 2. The molecule has 134 valence electrons. The Bertz CT molecular complexity index is 877. The summed E-state index contributed by atoms with van der Waals surface area (Å²) in [6.07, 6.45) is 4.76. The van der Waals surface area contributed by atoms with Crippen LogP contribution in [0.25, 0.3) is 11.0 Å². The van der Waals surface area contributed by atoms with E-state index in [4.69, 9.17) is 0 Å². The van der Waals surface area contributed by atoms with Crippen molar-refractivity contribution in [2.24, 2.45) is 0 Å². The number of H-pyrrole nitrogens is 1. The number of hydrogen-bond acceptors (Lipinski definition) is 2. The van der Waals surface area contributed by atoms with Gasteiger partial charge >= 0.3 is 0 Å². The van der Waals surface area contributed by atoms with Gasteiger partial charge < -0.3 is 10.3 Å². The van der Waals surface area contributed by atoms with E-state index in [1.165, 1.54) is 0 Å². The molecule has 1 amide bonds. The lowest BCUT2D eigenvalue weighted by Crippen LogP contribution is -2.43. The summed E-state index contributed by atoms with van der Waals surface area (Å²) >= 11 is 3.48. The maximum Gasteiger partial charge on any atom is 0.230 e. The van der Waals surface area contributed by atoms with E-state index in [0.717, 1.165) is 52.6 Å². The van der Waals surface area contributed by atoms with Crippen LogP contribution in [0.2, 0.25) is 0 Å². The van der Waals surface area contributed by atoms with Crippen LogP contribution < -0.4 is 5.32 Å². The number of rotatable bonds is 5. The van der Waals surface area contributed by atoms with Crippen molar-refractivity contribution in [3.63, 3.8) is 0 Å². The van der Waals surface area contributed by atoms with Crippen molar-refractivity contribution >= 4 is 32.9 Å². The van der Waals surface area contributed by atoms with Crippen LogP contribution in [0.4, 0.5) is 0 Å². The molecule has 1 fully saturated rings. The second-order valence-corrected chi connectivity index (χ2v) is 7.92. The Morgan fingerprint density at radius 3 is 2.58 bits per heavy atom. The number of amides is 1. The number of halogens is 1. The van der Waals surface area contributed by atoms with Gasteiger partial charge in [0.2, 0.25) is 5.91 Å². The highest BCUT2D eigenvalue weighted by Crippen LogP contribution is 2.41. The number of nitrogens with zero attached hydrogens (tertiary/aromatic N) is 1. The summed E-state index contributed by atoms with van der Waals surface area (Å²) in [5.41, 5.74) is 2.75. The number of carbonyl (C=O) groups excluding carboxylic acids is 1. The van der Waals surface area contributed by atoms with Crippen LogP contribution in [-0.4, -0.2) is 22.4 Å². The Kier molecular flexibility index (Phi) is 4.81. The van der Waals surface area contributed by atoms with Gasteiger partial charge in [-0.25, -0.2) is 4.98 Å². The Hall–Kier alpha value is -2.14. The van der Waals surface area contributed by atoms with Gasteiger partial charge in [0.1, 0.15) is 5.82 Å². The monoisotopic (exact) mass is 411 g/mol. The second-order valence-electron chi connectivity index (χ2n) is 7.00. The summed E-state index contributed by atoms with van der Waals surface area (Å²) in [5, 5.41) is 3.16. The minimum Gasteiger partial charge on any atom is -0.355 e. The number of carbonyl (C=O) groups is 1. The smallest absolute Gasteiger partial charge is 0.230 e. The SMILES string of the molecule is O=C(NCCc1nc2ccccc2[nH]1)C1(c2ccc(Br)cc2)CCCC1. The largest absolute Gasteiger partial charge is 0.355 e. The zero-order chi connectivity index (χ0) is 18.0. The summed E-state index contributed by atoms with van der Waals surface area (Å²) in [5.74, 6) is 1.06. The van der Waals surface area contributed by atoms with Gasteiger partial charge in [0.15, 0.2) is 0 Å². The number of aromatic amines is 1. The fourth-order valence-corrected chi connectivity index (χ4v) is 4.25. The van der Waals surface area contributed by atoms with Gasteiger partial charge in [0.25, 0.3) is 0 Å². The van der Waals surface area contributed by atoms with E-state index in [1.54, 1.807) is 0 Å². The maximum absolute atomic E-state index is 13.1. The van der Waals surface area contributed by atoms with E-state index >= 15 is 0 Å². The number of imidazole rings is 1. The van der Waals surface area contributed by atoms with Crippen molar-refractivity contribution in [1.82, 2.24) is 15.3 Å². The van der Waals surface area contributed by atoms with Crippen LogP contribution >= 0.6 is 15.9 Å². The molecule has 0 bridgehead atoms. The predicted octanol–water partition coefficient (Wildman–Crippen LogP) is 4.50. The van der Waals surface area contributed by atoms with E-state index in [1.807, 2.05) is 36.4 Å². The van der Waals surface area contributed by atoms with Gasteiger partial charge in [-0.05, 0) is 42.7 Å². The zero-order valence-electron chi connectivity index (χ0n) is 14.6. The number of aromatic nitrogens is 2. The van der Waals surface area contributed by atoms with Crippen LogP contribution in [0.5, 0.6) is 0 Å². The molecule has 0 saturated heterocycles. The number of nitrogens with one attached hydrogen (secondary N) is 2. The Labute approximate surface area is 161 Å². The molecule has 0 spiro atoms. The molecule has 4 rings (SSSR count). The van der Waals surface area contributed by atoms with Gasteiger partial charge in [-0.3, -0.25) is 4.79 Å². The quantitative estimate of drug-likeness (QED) is 0.649. The van der Waals surface area contributed by atoms with Gasteiger partial charge in [0.05, 0.1) is 16.4 Å². The molecule has 5 heteroatoms. The first kappa shape index (κ1) is 17.3. The third-order valence-corrected chi connectivity index (χ3v) is 5.90. The van der Waals surface area contributed by atoms with Crippen LogP contribution in [0.3, 0.4) is 0 Å². The highest BCUT2D eigenvalue weighted by atomic mass is 79.9. The average Bonchev–Trinajstić information content (AvgIpc) is 3.29. The third kappa shape index (κ3) is 3.28. The van der Waals surface area contributed by atoms with Crippen molar-refractivity contribution in [3.8, 4) is 0 Å². The molecule has 2 aromatic carbocycles. The van der Waals surface area contributed by atoms with Crippen molar-refractivity contribution in [1.29, 1.82) is 0 Å². The molecule has 1 aliphatic carbocycles. The number of fused-ring (bicyclic) bond motifs is 1. The molecule has 26 heavy (non-hydrogen) atoms. The van der Waals surface area contributed by atoms with Gasteiger partial charge in [-0.2, -0.15) is 0 Å². The van der Waals surface area contributed by atoms with Crippen molar-refractivity contribution in [2.75, 3.05) is 6.54 Å². The summed E-state index contributed by atoms with van der Waals surface area (Å²) in [6.45, 7) is 0.594. The molecule has 0 aliphatic heterocycles. The van der Waals surface area contributed by atoms with Crippen molar-refractivity contribution in [3.05, 3.63) is 64.4 Å². The molecule has 3 aromatic rings. The maximum atomic E-state index is 13.1. The minimum atomic E-state index is -0.380. The Morgan fingerprint density at radius 1 is 1.12 bits per heavy atom. The third-order valence-electron chi connectivity index (χ3n) is 5.37. The fraction of sp³-hybridized carbons (Fsp3) is 0.333. The molecular weight excluding hydrogens is 390 g/mol. The fourth-order valence-electron chi connectivity index (χ4n) is 3.98.